The summed E-state index contributed by atoms with van der Waals surface area (Å²) < 4.78 is 19.6. The Hall–Kier alpha value is -1.74. The van der Waals surface area contributed by atoms with Crippen LogP contribution in [0.25, 0.3) is 0 Å². The fraction of sp³-hybridized carbons (Fsp3) is 0.476. The first-order valence-corrected chi connectivity index (χ1v) is 8.96. The summed E-state index contributed by atoms with van der Waals surface area (Å²) >= 11 is 0. The van der Waals surface area contributed by atoms with Crippen LogP contribution in [0, 0.1) is 11.7 Å². The molecule has 1 unspecified atom stereocenters. The second-order valence-electron chi connectivity index (χ2n) is 6.78. The first-order valence-electron chi connectivity index (χ1n) is 8.96. The summed E-state index contributed by atoms with van der Waals surface area (Å²) in [5.74, 6) is 1.25. The Kier molecular flexibility index (Phi) is 5.62. The fourth-order valence-electron chi connectivity index (χ4n) is 3.81. The van der Waals surface area contributed by atoms with E-state index in [1.54, 1.807) is 19.2 Å². The molecule has 3 rings (SSSR count). The molecule has 3 heteroatoms. The van der Waals surface area contributed by atoms with Gasteiger partial charge in [0.1, 0.15) is 11.9 Å². The van der Waals surface area contributed by atoms with E-state index in [9.17, 15) is 4.39 Å². The van der Waals surface area contributed by atoms with E-state index in [2.05, 4.69) is 18.0 Å². The Balaban J connectivity index is 1.75. The van der Waals surface area contributed by atoms with E-state index in [1.807, 2.05) is 18.3 Å². The number of hydrogen-bond acceptors (Lipinski definition) is 2. The van der Waals surface area contributed by atoms with Crippen molar-refractivity contribution in [3.05, 3.63) is 65.2 Å². The summed E-state index contributed by atoms with van der Waals surface area (Å²) in [5.41, 5.74) is 2.59. The predicted octanol–water partition coefficient (Wildman–Crippen LogP) is 5.64. The molecule has 1 aliphatic rings. The second-order valence-corrected chi connectivity index (χ2v) is 6.78. The maximum atomic E-state index is 14.0. The number of benzene rings is 1. The fourth-order valence-corrected chi connectivity index (χ4v) is 3.81. The van der Waals surface area contributed by atoms with Gasteiger partial charge in [0.25, 0.3) is 0 Å². The van der Waals surface area contributed by atoms with Gasteiger partial charge in [0.2, 0.25) is 0 Å². The number of rotatable bonds is 5. The van der Waals surface area contributed by atoms with Crippen LogP contribution in [0.3, 0.4) is 0 Å². The Bertz CT molecular complexity index is 647. The zero-order valence-corrected chi connectivity index (χ0v) is 14.5. The lowest BCUT2D eigenvalue weighted by molar-refractivity contribution is 0.129. The average Bonchev–Trinajstić information content (AvgIpc) is 2.64. The smallest absolute Gasteiger partial charge is 0.129 e. The van der Waals surface area contributed by atoms with Crippen LogP contribution in [0.5, 0.6) is 0 Å². The minimum absolute atomic E-state index is 0.256. The number of aromatic nitrogens is 1. The summed E-state index contributed by atoms with van der Waals surface area (Å²) in [6, 6.07) is 10.9. The minimum atomic E-state index is -0.462. The molecule has 1 aromatic heterocycles. The van der Waals surface area contributed by atoms with Gasteiger partial charge in [-0.15, -0.1) is 0 Å². The van der Waals surface area contributed by atoms with Gasteiger partial charge >= 0.3 is 0 Å². The van der Waals surface area contributed by atoms with E-state index < -0.39 is 6.10 Å². The topological polar surface area (TPSA) is 22.1 Å². The Labute approximate surface area is 144 Å². The highest BCUT2D eigenvalue weighted by Gasteiger charge is 2.23. The molecule has 0 saturated heterocycles. The molecular weight excluding hydrogens is 301 g/mol. The minimum Gasteiger partial charge on any atom is -0.370 e. The lowest BCUT2D eigenvalue weighted by Gasteiger charge is -2.28. The van der Waals surface area contributed by atoms with Crippen LogP contribution in [-0.2, 0) is 4.74 Å². The number of ether oxygens (including phenoxy) is 1. The summed E-state index contributed by atoms with van der Waals surface area (Å²) in [7, 11) is 1.60. The molecule has 1 aliphatic carbocycles. The molecule has 0 aliphatic heterocycles. The van der Waals surface area contributed by atoms with Crippen LogP contribution in [0.2, 0.25) is 0 Å². The Morgan fingerprint density at radius 2 is 1.88 bits per heavy atom. The molecule has 24 heavy (non-hydrogen) atoms. The second kappa shape index (κ2) is 7.89. The maximum Gasteiger partial charge on any atom is 0.129 e. The quantitative estimate of drug-likeness (QED) is 0.709. The van der Waals surface area contributed by atoms with Gasteiger partial charge in [-0.2, -0.15) is 0 Å². The number of halogens is 1. The molecule has 1 fully saturated rings. The van der Waals surface area contributed by atoms with Gasteiger partial charge in [-0.3, -0.25) is 4.98 Å². The molecule has 0 bridgehead atoms. The third kappa shape index (κ3) is 3.67. The van der Waals surface area contributed by atoms with E-state index in [4.69, 9.17) is 4.74 Å². The largest absolute Gasteiger partial charge is 0.370 e. The summed E-state index contributed by atoms with van der Waals surface area (Å²) in [6.45, 7) is 2.29. The Morgan fingerprint density at radius 3 is 2.46 bits per heavy atom. The van der Waals surface area contributed by atoms with Crippen LogP contribution < -0.4 is 0 Å². The predicted molar refractivity (Wildman–Crippen MR) is 94.5 cm³/mol. The zero-order chi connectivity index (χ0) is 16.9. The van der Waals surface area contributed by atoms with Gasteiger partial charge in [0.15, 0.2) is 0 Å². The van der Waals surface area contributed by atoms with E-state index in [1.165, 1.54) is 43.7 Å². The molecule has 128 valence electrons. The van der Waals surface area contributed by atoms with E-state index in [0.29, 0.717) is 11.5 Å². The summed E-state index contributed by atoms with van der Waals surface area (Å²) in [6.07, 6.45) is 7.93. The monoisotopic (exact) mass is 327 g/mol. The van der Waals surface area contributed by atoms with Crippen LogP contribution in [0.4, 0.5) is 4.39 Å². The van der Waals surface area contributed by atoms with Crippen molar-refractivity contribution in [2.75, 3.05) is 7.11 Å². The standard InChI is InChI=1S/C21H26FNO/c1-3-15-8-10-16(11-9-15)17-12-13-20(23-14-17)21(24-2)18-6-4-5-7-19(18)22/h4-7,12-16,21H,3,8-11H2,1-2H3. The third-order valence-electron chi connectivity index (χ3n) is 5.40. The van der Waals surface area contributed by atoms with E-state index >= 15 is 0 Å². The van der Waals surface area contributed by atoms with Gasteiger partial charge < -0.3 is 4.74 Å². The molecule has 1 saturated carbocycles. The van der Waals surface area contributed by atoms with Gasteiger partial charge in [0, 0.05) is 18.9 Å². The van der Waals surface area contributed by atoms with Crippen molar-refractivity contribution in [3.63, 3.8) is 0 Å². The van der Waals surface area contributed by atoms with Crippen molar-refractivity contribution >= 4 is 0 Å². The van der Waals surface area contributed by atoms with Crippen LogP contribution >= 0.6 is 0 Å². The third-order valence-corrected chi connectivity index (χ3v) is 5.40. The van der Waals surface area contributed by atoms with Crippen LogP contribution in [-0.4, -0.2) is 12.1 Å². The van der Waals surface area contributed by atoms with Crippen molar-refractivity contribution < 1.29 is 9.13 Å². The molecule has 2 aromatic rings. The van der Waals surface area contributed by atoms with Crippen molar-refractivity contribution in [2.45, 2.75) is 51.0 Å². The lowest BCUT2D eigenvalue weighted by atomic mass is 9.78. The van der Waals surface area contributed by atoms with Crippen molar-refractivity contribution in [3.8, 4) is 0 Å². The maximum absolute atomic E-state index is 14.0. The van der Waals surface area contributed by atoms with Crippen molar-refractivity contribution in [2.24, 2.45) is 5.92 Å². The molecular formula is C21H26FNO. The first-order chi connectivity index (χ1) is 11.7. The van der Waals surface area contributed by atoms with Gasteiger partial charge in [0.05, 0.1) is 5.69 Å². The molecule has 1 heterocycles. The highest BCUT2D eigenvalue weighted by Crippen LogP contribution is 2.37. The number of methoxy groups -OCH3 is 1. The number of pyridine rings is 1. The zero-order valence-electron chi connectivity index (χ0n) is 14.5. The van der Waals surface area contributed by atoms with Crippen LogP contribution in [0.1, 0.15) is 67.9 Å². The summed E-state index contributed by atoms with van der Waals surface area (Å²) in [4.78, 5) is 4.59. The molecule has 2 nitrogen and oxygen atoms in total. The van der Waals surface area contributed by atoms with Gasteiger partial charge in [-0.25, -0.2) is 4.39 Å². The highest BCUT2D eigenvalue weighted by molar-refractivity contribution is 5.29. The molecule has 1 atom stereocenters. The normalized spacial score (nSPS) is 22.3. The van der Waals surface area contributed by atoms with E-state index in [0.717, 1.165) is 11.6 Å². The molecule has 0 spiro atoms. The average molecular weight is 327 g/mol. The molecule has 1 aromatic carbocycles. The Morgan fingerprint density at radius 1 is 1.12 bits per heavy atom. The van der Waals surface area contributed by atoms with Gasteiger partial charge in [-0.1, -0.05) is 37.6 Å². The molecule has 0 amide bonds. The van der Waals surface area contributed by atoms with E-state index in [-0.39, 0.29) is 5.82 Å². The van der Waals surface area contributed by atoms with Crippen molar-refractivity contribution in [1.82, 2.24) is 4.98 Å². The van der Waals surface area contributed by atoms with Crippen LogP contribution in [0.15, 0.2) is 42.6 Å². The first kappa shape index (κ1) is 17.1. The van der Waals surface area contributed by atoms with Gasteiger partial charge in [-0.05, 0) is 55.2 Å². The number of hydrogen-bond donors (Lipinski definition) is 0. The SMILES string of the molecule is CCC1CCC(c2ccc(C(OC)c3ccccc3F)nc2)CC1. The number of nitrogens with zero attached hydrogens (tertiary/aromatic N) is 1. The molecule has 0 radical (unpaired) electrons. The lowest BCUT2D eigenvalue weighted by Crippen LogP contribution is -2.13. The highest BCUT2D eigenvalue weighted by atomic mass is 19.1. The summed E-state index contributed by atoms with van der Waals surface area (Å²) in [5, 5.41) is 0. The van der Waals surface area contributed by atoms with Crippen molar-refractivity contribution in [1.29, 1.82) is 0 Å². The molecule has 0 N–H and O–H groups in total.